The molecule has 0 bridgehead atoms. The number of aromatic nitrogens is 4. The monoisotopic (exact) mass is 583 g/mol. The summed E-state index contributed by atoms with van der Waals surface area (Å²) >= 11 is 5.94. The van der Waals surface area contributed by atoms with E-state index in [0.29, 0.717) is 16.3 Å². The van der Waals surface area contributed by atoms with Crippen LogP contribution in [0.3, 0.4) is 0 Å². The van der Waals surface area contributed by atoms with Gasteiger partial charge >= 0.3 is 12.1 Å². The van der Waals surface area contributed by atoms with E-state index in [-0.39, 0.29) is 29.8 Å². The summed E-state index contributed by atoms with van der Waals surface area (Å²) in [5.41, 5.74) is 0.348. The molecule has 0 amide bonds. The highest BCUT2D eigenvalue weighted by Crippen LogP contribution is 2.28. The van der Waals surface area contributed by atoms with E-state index >= 15 is 0 Å². The first-order chi connectivity index (χ1) is 18.9. The van der Waals surface area contributed by atoms with Crippen molar-refractivity contribution in [1.29, 1.82) is 0 Å². The van der Waals surface area contributed by atoms with Crippen molar-refractivity contribution in [2.24, 2.45) is 5.10 Å². The predicted octanol–water partition coefficient (Wildman–Crippen LogP) is 2.63. The van der Waals surface area contributed by atoms with Gasteiger partial charge in [0.1, 0.15) is 6.54 Å². The number of alkyl halides is 3. The molecule has 1 aliphatic rings. The van der Waals surface area contributed by atoms with Gasteiger partial charge in [-0.2, -0.15) is 23.0 Å². The zero-order valence-electron chi connectivity index (χ0n) is 21.4. The number of aliphatic hydroxyl groups excluding tert-OH is 2. The summed E-state index contributed by atoms with van der Waals surface area (Å²) in [5, 5.41) is 30.9. The van der Waals surface area contributed by atoms with E-state index in [1.165, 1.54) is 49.2 Å². The van der Waals surface area contributed by atoms with Crippen LogP contribution in [-0.2, 0) is 16.1 Å². The van der Waals surface area contributed by atoms with Gasteiger partial charge in [-0.15, -0.1) is 5.10 Å². The van der Waals surface area contributed by atoms with E-state index in [1.807, 2.05) is 0 Å². The van der Waals surface area contributed by atoms with Crippen LogP contribution in [0.5, 0.6) is 5.75 Å². The first kappa shape index (κ1) is 29.0. The van der Waals surface area contributed by atoms with Crippen LogP contribution < -0.4 is 4.74 Å². The van der Waals surface area contributed by atoms with Crippen molar-refractivity contribution >= 4 is 23.4 Å². The summed E-state index contributed by atoms with van der Waals surface area (Å²) in [6.45, 7) is 1.53. The van der Waals surface area contributed by atoms with Crippen LogP contribution in [0.2, 0.25) is 5.02 Å². The van der Waals surface area contributed by atoms with Crippen molar-refractivity contribution < 1.29 is 37.7 Å². The summed E-state index contributed by atoms with van der Waals surface area (Å²) in [5.74, 6) is 0.210. The normalized spacial score (nSPS) is 17.0. The van der Waals surface area contributed by atoms with Crippen molar-refractivity contribution in [2.75, 3.05) is 13.7 Å². The number of hydrazone groups is 1. The van der Waals surface area contributed by atoms with E-state index in [0.717, 1.165) is 9.91 Å². The highest BCUT2D eigenvalue weighted by molar-refractivity contribution is 6.30. The third kappa shape index (κ3) is 6.26. The molecule has 12 nitrogen and oxygen atoms in total. The fourth-order valence-corrected chi connectivity index (χ4v) is 4.04. The van der Waals surface area contributed by atoms with Gasteiger partial charge in [0, 0.05) is 23.7 Å². The molecule has 40 heavy (non-hydrogen) atoms. The van der Waals surface area contributed by atoms with Crippen LogP contribution in [0.15, 0.2) is 47.7 Å². The minimum Gasteiger partial charge on any atom is -0.493 e. The Morgan fingerprint density at radius 2 is 1.93 bits per heavy atom. The first-order valence-electron chi connectivity index (χ1n) is 11.8. The van der Waals surface area contributed by atoms with Gasteiger partial charge < -0.3 is 24.6 Å². The molecule has 1 unspecified atom stereocenters. The number of β-amino-alcohol motifs (C(OH)–C–C–N with tert-alkyl or cyclic N) is 1. The van der Waals surface area contributed by atoms with Crippen molar-refractivity contribution in [1.82, 2.24) is 29.7 Å². The van der Waals surface area contributed by atoms with E-state index in [9.17, 15) is 28.2 Å². The van der Waals surface area contributed by atoms with Crippen LogP contribution in [-0.4, -0.2) is 84.0 Å². The molecule has 16 heteroatoms. The molecule has 2 N–H and O–H groups in total. The molecule has 3 aromatic rings. The van der Waals surface area contributed by atoms with Gasteiger partial charge in [-0.3, -0.25) is 4.79 Å². The molecule has 2 aromatic heterocycles. The van der Waals surface area contributed by atoms with Gasteiger partial charge in [0.05, 0.1) is 13.7 Å². The molecule has 214 valence electrons. The van der Waals surface area contributed by atoms with Gasteiger partial charge in [0.15, 0.2) is 41.3 Å². The Kier molecular flexibility index (Phi) is 8.46. The van der Waals surface area contributed by atoms with Crippen molar-refractivity contribution in [3.63, 3.8) is 0 Å². The van der Waals surface area contributed by atoms with E-state index in [4.69, 9.17) is 21.1 Å². The fraction of sp³-hybridized carbons (Fsp3) is 0.375. The van der Waals surface area contributed by atoms with E-state index in [2.05, 4.69) is 20.2 Å². The SMILES string of the molecule is COc1cccnc1-n1nc(CN2N=C(c3ccc(Cl)cc3)N(C[C@H](O)C(F)(F)F)C2O)nc1[C@H](C)OC(C)=O. The smallest absolute Gasteiger partial charge is 0.416 e. The Morgan fingerprint density at radius 3 is 2.55 bits per heavy atom. The first-order valence-corrected chi connectivity index (χ1v) is 12.2. The molecule has 0 radical (unpaired) electrons. The van der Waals surface area contributed by atoms with Crippen molar-refractivity contribution in [2.45, 2.75) is 45.1 Å². The number of aliphatic hydroxyl groups is 2. The average Bonchev–Trinajstić information content (AvgIpc) is 3.45. The highest BCUT2D eigenvalue weighted by atomic mass is 35.5. The lowest BCUT2D eigenvalue weighted by Crippen LogP contribution is -2.49. The molecule has 0 spiro atoms. The van der Waals surface area contributed by atoms with Gasteiger partial charge in [-0.25, -0.2) is 15.0 Å². The number of esters is 1. The Labute approximate surface area is 231 Å². The van der Waals surface area contributed by atoms with Crippen molar-refractivity contribution in [3.8, 4) is 11.6 Å². The molecule has 3 heterocycles. The lowest BCUT2D eigenvalue weighted by molar-refractivity contribution is -0.212. The van der Waals surface area contributed by atoms with Crippen LogP contribution >= 0.6 is 11.6 Å². The number of carbonyl (C=O) groups excluding carboxylic acids is 1. The maximum Gasteiger partial charge on any atom is 0.416 e. The van der Waals surface area contributed by atoms with Gasteiger partial charge in [0.25, 0.3) is 0 Å². The molecule has 4 rings (SSSR count). The number of rotatable bonds is 9. The van der Waals surface area contributed by atoms with E-state index in [1.54, 1.807) is 19.1 Å². The zero-order chi connectivity index (χ0) is 29.2. The molecule has 3 atom stereocenters. The number of methoxy groups -OCH3 is 1. The number of halogens is 4. The molecule has 0 saturated carbocycles. The molecule has 1 aromatic carbocycles. The van der Waals surface area contributed by atoms with Crippen molar-refractivity contribution in [3.05, 3.63) is 64.8 Å². The predicted molar refractivity (Wildman–Crippen MR) is 134 cm³/mol. The second kappa shape index (κ2) is 11.7. The zero-order valence-corrected chi connectivity index (χ0v) is 22.2. The summed E-state index contributed by atoms with van der Waals surface area (Å²) < 4.78 is 51.5. The Hall–Kier alpha value is -3.95. The third-order valence-corrected chi connectivity index (χ3v) is 6.00. The summed E-state index contributed by atoms with van der Waals surface area (Å²) in [4.78, 5) is 21.2. The number of ether oxygens (including phenoxy) is 2. The third-order valence-electron chi connectivity index (χ3n) is 5.75. The highest BCUT2D eigenvalue weighted by Gasteiger charge is 2.44. The molecule has 0 aliphatic carbocycles. The number of pyridine rings is 1. The van der Waals surface area contributed by atoms with Crippen LogP contribution in [0.1, 0.15) is 37.2 Å². The lowest BCUT2D eigenvalue weighted by Gasteiger charge is -2.29. The summed E-state index contributed by atoms with van der Waals surface area (Å²) in [7, 11) is 1.44. The molecule has 1 aliphatic heterocycles. The number of hydrogen-bond acceptors (Lipinski definition) is 11. The lowest BCUT2D eigenvalue weighted by atomic mass is 10.2. The standard InChI is InChI=1S/C24H25ClF3N7O5/c1-13(40-14(2)36)20-30-19(31-35(20)22-17(39-3)5-4-10-29-22)12-34-23(38)33(11-18(37)24(26,27)28)21(32-34)15-6-8-16(25)9-7-15/h4-10,13,18,23,37-38H,11-12H2,1-3H3/t13-,18-,23?/m0/s1. The number of nitrogens with zero attached hydrogens (tertiary/aromatic N) is 7. The fourth-order valence-electron chi connectivity index (χ4n) is 3.91. The molecular weight excluding hydrogens is 559 g/mol. The number of hydrogen-bond donors (Lipinski definition) is 2. The van der Waals surface area contributed by atoms with E-state index < -0.39 is 37.3 Å². The maximum atomic E-state index is 13.2. The summed E-state index contributed by atoms with van der Waals surface area (Å²) in [6.07, 6.45) is -8.78. The Bertz CT molecular complexity index is 1390. The Morgan fingerprint density at radius 1 is 1.23 bits per heavy atom. The minimum absolute atomic E-state index is 0.0354. The summed E-state index contributed by atoms with van der Waals surface area (Å²) in [6, 6.07) is 9.35. The van der Waals surface area contributed by atoms with Gasteiger partial charge in [-0.05, 0) is 43.3 Å². The Balaban J connectivity index is 1.71. The quantitative estimate of drug-likeness (QED) is 0.361. The topological polar surface area (TPSA) is 138 Å². The maximum absolute atomic E-state index is 13.2. The number of amidine groups is 1. The van der Waals surface area contributed by atoms with Crippen LogP contribution in [0, 0.1) is 0 Å². The van der Waals surface area contributed by atoms with Gasteiger partial charge in [0.2, 0.25) is 6.35 Å². The molecule has 0 fully saturated rings. The number of benzene rings is 1. The second-order valence-electron chi connectivity index (χ2n) is 8.66. The van der Waals surface area contributed by atoms with Crippen LogP contribution in [0.25, 0.3) is 5.82 Å². The second-order valence-corrected chi connectivity index (χ2v) is 9.10. The minimum atomic E-state index is -4.93. The average molecular weight is 584 g/mol. The molecule has 0 saturated heterocycles. The molecular formula is C24H25ClF3N7O5. The van der Waals surface area contributed by atoms with Crippen LogP contribution in [0.4, 0.5) is 13.2 Å². The number of carbonyl (C=O) groups is 1. The largest absolute Gasteiger partial charge is 0.493 e. The van der Waals surface area contributed by atoms with Gasteiger partial charge in [-0.1, -0.05) is 11.6 Å².